The van der Waals surface area contributed by atoms with Crippen molar-refractivity contribution in [3.8, 4) is 11.4 Å². The molecule has 8 nitrogen and oxygen atoms in total. The highest BCUT2D eigenvalue weighted by Crippen LogP contribution is 2.34. The number of benzene rings is 1. The summed E-state index contributed by atoms with van der Waals surface area (Å²) in [7, 11) is 0. The number of aromatic nitrogens is 2. The number of amides is 1. The Balaban J connectivity index is 1.22. The van der Waals surface area contributed by atoms with Crippen molar-refractivity contribution in [3.05, 3.63) is 35.0 Å². The molecule has 0 saturated carbocycles. The fourth-order valence-electron chi connectivity index (χ4n) is 5.74. The number of carbonyl (C=O) groups is 1. The van der Waals surface area contributed by atoms with E-state index in [0.29, 0.717) is 11.0 Å². The van der Waals surface area contributed by atoms with Crippen LogP contribution in [0.1, 0.15) is 58.4 Å². The monoisotopic (exact) mass is 540 g/mol. The van der Waals surface area contributed by atoms with E-state index < -0.39 is 5.60 Å². The molecular weight excluding hydrogens is 500 g/mol. The number of halogens is 1. The van der Waals surface area contributed by atoms with Crippen molar-refractivity contribution in [1.29, 1.82) is 0 Å². The maximum atomic E-state index is 12.2. The number of nitrogens with zero attached hydrogens (tertiary/aromatic N) is 5. The lowest BCUT2D eigenvalue weighted by Gasteiger charge is -2.35. The lowest BCUT2D eigenvalue weighted by molar-refractivity contribution is 0.0500. The Labute approximate surface area is 231 Å². The molecule has 9 heteroatoms. The summed E-state index contributed by atoms with van der Waals surface area (Å²) in [5, 5.41) is 3.60. The number of ether oxygens (including phenoxy) is 1. The summed E-state index contributed by atoms with van der Waals surface area (Å²) < 4.78 is 5.44. The molecule has 4 heterocycles. The molecule has 3 aliphatic rings. The van der Waals surface area contributed by atoms with Crippen LogP contribution in [-0.2, 0) is 11.2 Å². The Bertz CT molecular complexity index is 1110. The number of nitrogens with one attached hydrogen (secondary N) is 1. The predicted molar refractivity (Wildman–Crippen MR) is 153 cm³/mol. The number of likely N-dealkylation sites (tertiary alicyclic amines) is 1. The van der Waals surface area contributed by atoms with E-state index in [-0.39, 0.29) is 12.1 Å². The average Bonchev–Trinajstić information content (AvgIpc) is 3.54. The lowest BCUT2D eigenvalue weighted by atomic mass is 10.0. The number of alkyl carbamates (subject to hydrolysis) is 1. The molecule has 206 valence electrons. The van der Waals surface area contributed by atoms with Gasteiger partial charge in [0.05, 0.1) is 0 Å². The molecule has 0 aliphatic carbocycles. The minimum Gasteiger partial charge on any atom is -0.444 e. The number of piperidine rings is 1. The molecule has 5 rings (SSSR count). The zero-order valence-corrected chi connectivity index (χ0v) is 23.8. The van der Waals surface area contributed by atoms with Crippen LogP contribution in [0, 0.1) is 0 Å². The standard InChI is InChI=1S/C29H41ClN6O2/c1-29(2,3)38-28(37)31-22-8-6-17-36(20-22)23-11-9-21(10-12-23)26-32-25(30)24-13-19-35(27(24)33-26)18-7-16-34-14-4-5-15-34/h9-12,22H,4-8,13-20H2,1-3H3,(H,31,37)/t22-/m1/s1. The fraction of sp³-hybridized carbons (Fsp3) is 0.621. The minimum absolute atomic E-state index is 0.0635. The Morgan fingerprint density at radius 3 is 2.55 bits per heavy atom. The van der Waals surface area contributed by atoms with Gasteiger partial charge < -0.3 is 24.8 Å². The third-order valence-corrected chi connectivity index (χ3v) is 7.91. The molecule has 3 aliphatic heterocycles. The first-order chi connectivity index (χ1) is 18.2. The fourth-order valence-corrected chi connectivity index (χ4v) is 6.00. The van der Waals surface area contributed by atoms with Crippen molar-refractivity contribution < 1.29 is 9.53 Å². The van der Waals surface area contributed by atoms with Gasteiger partial charge in [-0.2, -0.15) is 0 Å². The van der Waals surface area contributed by atoms with E-state index in [1.54, 1.807) is 0 Å². The highest BCUT2D eigenvalue weighted by atomic mass is 35.5. The first-order valence-electron chi connectivity index (χ1n) is 14.1. The summed E-state index contributed by atoms with van der Waals surface area (Å²) >= 11 is 6.64. The molecule has 1 aromatic heterocycles. The number of hydrogen-bond acceptors (Lipinski definition) is 7. The maximum absolute atomic E-state index is 12.2. The Hall–Kier alpha value is -2.58. The molecule has 1 aromatic carbocycles. The summed E-state index contributed by atoms with van der Waals surface area (Å²) in [6.07, 6.45) is 6.33. The molecule has 2 aromatic rings. The lowest BCUT2D eigenvalue weighted by Crippen LogP contribution is -2.49. The van der Waals surface area contributed by atoms with Gasteiger partial charge in [-0.1, -0.05) is 11.6 Å². The molecule has 2 saturated heterocycles. The van der Waals surface area contributed by atoms with Gasteiger partial charge >= 0.3 is 6.09 Å². The van der Waals surface area contributed by atoms with Gasteiger partial charge in [-0.3, -0.25) is 0 Å². The van der Waals surface area contributed by atoms with Crippen LogP contribution in [-0.4, -0.2) is 78.4 Å². The topological polar surface area (TPSA) is 73.8 Å². The molecule has 1 amide bonds. The second kappa shape index (κ2) is 11.7. The summed E-state index contributed by atoms with van der Waals surface area (Å²) in [5.74, 6) is 1.67. The molecule has 0 unspecified atom stereocenters. The molecule has 2 fully saturated rings. The van der Waals surface area contributed by atoms with Gasteiger partial charge in [0.2, 0.25) is 0 Å². The molecule has 0 radical (unpaired) electrons. The van der Waals surface area contributed by atoms with Gasteiger partial charge in [0, 0.05) is 49.0 Å². The van der Waals surface area contributed by atoms with Crippen LogP contribution >= 0.6 is 11.6 Å². The first kappa shape index (κ1) is 27.0. The van der Waals surface area contributed by atoms with E-state index in [0.717, 1.165) is 81.0 Å². The van der Waals surface area contributed by atoms with Crippen molar-refractivity contribution in [1.82, 2.24) is 20.2 Å². The summed E-state index contributed by atoms with van der Waals surface area (Å²) in [6, 6.07) is 8.44. The van der Waals surface area contributed by atoms with Crippen LogP contribution in [0.25, 0.3) is 11.4 Å². The summed E-state index contributed by atoms with van der Waals surface area (Å²) in [5.41, 5.74) is 2.66. The minimum atomic E-state index is -0.499. The van der Waals surface area contributed by atoms with Gasteiger partial charge in [0.15, 0.2) is 5.82 Å². The second-order valence-electron chi connectivity index (χ2n) is 11.8. The molecule has 38 heavy (non-hydrogen) atoms. The van der Waals surface area contributed by atoms with E-state index in [1.165, 1.54) is 25.9 Å². The highest BCUT2D eigenvalue weighted by Gasteiger charge is 2.27. The van der Waals surface area contributed by atoms with Gasteiger partial charge in [0.1, 0.15) is 16.6 Å². The average molecular weight is 541 g/mol. The van der Waals surface area contributed by atoms with Crippen LogP contribution in [0.15, 0.2) is 24.3 Å². The van der Waals surface area contributed by atoms with Crippen molar-refractivity contribution in [2.24, 2.45) is 0 Å². The molecule has 1 N–H and O–H groups in total. The molecule has 0 bridgehead atoms. The SMILES string of the molecule is CC(C)(C)OC(=O)N[C@@H]1CCCN(c2ccc(-c3nc(Cl)c4c(n3)N(CCCN3CCCC3)CC4)cc2)C1. The van der Waals surface area contributed by atoms with Crippen molar-refractivity contribution in [3.63, 3.8) is 0 Å². The van der Waals surface area contributed by atoms with Gasteiger partial charge in [-0.15, -0.1) is 0 Å². The van der Waals surface area contributed by atoms with Crippen LogP contribution < -0.4 is 15.1 Å². The molecular formula is C29H41ClN6O2. The third-order valence-electron chi connectivity index (χ3n) is 7.60. The van der Waals surface area contributed by atoms with Gasteiger partial charge in [-0.05, 0) is 103 Å². The Morgan fingerprint density at radius 1 is 1.05 bits per heavy atom. The van der Waals surface area contributed by atoms with Gasteiger partial charge in [0.25, 0.3) is 0 Å². The largest absolute Gasteiger partial charge is 0.444 e. The molecule has 0 spiro atoms. The summed E-state index contributed by atoms with van der Waals surface area (Å²) in [4.78, 5) is 29.1. The number of carbonyl (C=O) groups excluding carboxylic acids is 1. The van der Waals surface area contributed by atoms with E-state index >= 15 is 0 Å². The summed E-state index contributed by atoms with van der Waals surface area (Å²) in [6.45, 7) is 13.0. The second-order valence-corrected chi connectivity index (χ2v) is 12.1. The number of anilines is 2. The van der Waals surface area contributed by atoms with Gasteiger partial charge in [-0.25, -0.2) is 14.8 Å². The van der Waals surface area contributed by atoms with E-state index in [4.69, 9.17) is 21.3 Å². The van der Waals surface area contributed by atoms with E-state index in [1.807, 2.05) is 20.8 Å². The van der Waals surface area contributed by atoms with Crippen molar-refractivity contribution in [2.45, 2.75) is 70.9 Å². The van der Waals surface area contributed by atoms with Crippen LogP contribution in [0.3, 0.4) is 0 Å². The third kappa shape index (κ3) is 6.70. The first-order valence-corrected chi connectivity index (χ1v) is 14.5. The number of hydrogen-bond donors (Lipinski definition) is 1. The van der Waals surface area contributed by atoms with Crippen LogP contribution in [0.4, 0.5) is 16.3 Å². The number of rotatable bonds is 7. The zero-order valence-electron chi connectivity index (χ0n) is 23.0. The normalized spacial score (nSPS) is 20.1. The maximum Gasteiger partial charge on any atom is 0.407 e. The zero-order chi connectivity index (χ0) is 26.7. The van der Waals surface area contributed by atoms with Crippen LogP contribution in [0.2, 0.25) is 5.15 Å². The predicted octanol–water partition coefficient (Wildman–Crippen LogP) is 5.14. The van der Waals surface area contributed by atoms with Crippen molar-refractivity contribution in [2.75, 3.05) is 55.6 Å². The number of fused-ring (bicyclic) bond motifs is 1. The molecule has 1 atom stereocenters. The Morgan fingerprint density at radius 2 is 1.82 bits per heavy atom. The smallest absolute Gasteiger partial charge is 0.407 e. The highest BCUT2D eigenvalue weighted by molar-refractivity contribution is 6.30. The Kier molecular flexibility index (Phi) is 8.29. The van der Waals surface area contributed by atoms with E-state index in [2.05, 4.69) is 49.3 Å². The van der Waals surface area contributed by atoms with Crippen molar-refractivity contribution >= 4 is 29.2 Å². The quantitative estimate of drug-likeness (QED) is 0.487. The van der Waals surface area contributed by atoms with E-state index in [9.17, 15) is 4.79 Å². The van der Waals surface area contributed by atoms with Crippen LogP contribution in [0.5, 0.6) is 0 Å².